The maximum Gasteiger partial charge on any atom is 0.240 e. The molecule has 0 aromatic heterocycles. The molecule has 1 aromatic rings. The number of hydrogen-bond acceptors (Lipinski definition) is 6. The number of anilines is 2. The average Bonchev–Trinajstić information content (AvgIpc) is 2.45. The van der Waals surface area contributed by atoms with E-state index in [1.807, 2.05) is 18.2 Å². The first-order chi connectivity index (χ1) is 10.1. The van der Waals surface area contributed by atoms with Crippen LogP contribution in [-0.4, -0.2) is 56.9 Å². The number of nitrogens with two attached hydrogens (primary N) is 1. The number of hydrogen-bond donors (Lipinski definition) is 1. The molecule has 0 amide bonds. The second-order valence-electron chi connectivity index (χ2n) is 5.71. The molecule has 0 aliphatic carbocycles. The fraction of sp³-hybridized carbons (Fsp3) is 0.533. The van der Waals surface area contributed by atoms with Gasteiger partial charge in [-0.1, -0.05) is 0 Å². The van der Waals surface area contributed by atoms with Gasteiger partial charge in [-0.2, -0.15) is 5.26 Å². The lowest BCUT2D eigenvalue weighted by Crippen LogP contribution is -2.53. The lowest BCUT2D eigenvalue weighted by atomic mass is 10.0. The Kier molecular flexibility index (Phi) is 3.62. The molecule has 0 spiro atoms. The molecule has 0 unspecified atom stereocenters. The number of nitriles is 1. The summed E-state index contributed by atoms with van der Waals surface area (Å²) in [4.78, 5) is 4.62. The maximum atomic E-state index is 9.16. The zero-order valence-corrected chi connectivity index (χ0v) is 12.2. The highest BCUT2D eigenvalue weighted by Crippen LogP contribution is 2.32. The Balaban J connectivity index is 1.72. The van der Waals surface area contributed by atoms with Crippen LogP contribution >= 0.6 is 0 Å². The summed E-state index contributed by atoms with van der Waals surface area (Å²) in [6, 6.07) is 7.93. The number of ether oxygens (including phenoxy) is 2. The van der Waals surface area contributed by atoms with Gasteiger partial charge in [0.05, 0.1) is 5.69 Å². The monoisotopic (exact) mass is 288 g/mol. The van der Waals surface area contributed by atoms with E-state index in [0.717, 1.165) is 31.9 Å². The third-order valence-electron chi connectivity index (χ3n) is 4.04. The van der Waals surface area contributed by atoms with E-state index >= 15 is 0 Å². The lowest BCUT2D eigenvalue weighted by Gasteiger charge is -2.36. The highest BCUT2D eigenvalue weighted by Gasteiger charge is 2.42. The van der Waals surface area contributed by atoms with Gasteiger partial charge in [0.25, 0.3) is 0 Å². The van der Waals surface area contributed by atoms with E-state index in [1.54, 1.807) is 0 Å². The van der Waals surface area contributed by atoms with Crippen molar-refractivity contribution in [1.82, 2.24) is 4.90 Å². The molecule has 2 fully saturated rings. The Bertz CT molecular complexity index is 557. The predicted octanol–water partition coefficient (Wildman–Crippen LogP) is 0.692. The number of likely N-dealkylation sites (N-methyl/N-ethyl adjacent to an activating group) is 1. The Morgan fingerprint density at radius 3 is 2.52 bits per heavy atom. The van der Waals surface area contributed by atoms with Crippen molar-refractivity contribution in [2.45, 2.75) is 5.60 Å². The van der Waals surface area contributed by atoms with Crippen LogP contribution in [0.15, 0.2) is 18.2 Å². The summed E-state index contributed by atoms with van der Waals surface area (Å²) in [6.07, 6.45) is 0. The standard InChI is InChI=1S/C15H20N4O2/c1-18-4-6-19(7-5-18)12-2-3-14(13(17)8-12)21-15(9-16)10-20-11-15/h2-3,8H,4-7,10-11,17H2,1H3. The minimum atomic E-state index is -0.872. The smallest absolute Gasteiger partial charge is 0.240 e. The molecule has 2 saturated heterocycles. The molecule has 2 N–H and O–H groups in total. The molecule has 0 bridgehead atoms. The molecule has 2 aliphatic heterocycles. The second-order valence-corrected chi connectivity index (χ2v) is 5.71. The minimum absolute atomic E-state index is 0.295. The van der Waals surface area contributed by atoms with E-state index in [-0.39, 0.29) is 0 Å². The van der Waals surface area contributed by atoms with Crippen molar-refractivity contribution in [3.05, 3.63) is 18.2 Å². The molecule has 0 radical (unpaired) electrons. The number of nitrogens with zero attached hydrogens (tertiary/aromatic N) is 3. The van der Waals surface area contributed by atoms with E-state index in [9.17, 15) is 0 Å². The summed E-state index contributed by atoms with van der Waals surface area (Å²) in [6.45, 7) is 4.67. The van der Waals surface area contributed by atoms with Crippen LogP contribution in [0.1, 0.15) is 0 Å². The first kappa shape index (κ1) is 14.0. The largest absolute Gasteiger partial charge is 0.465 e. The molecular formula is C15H20N4O2. The second kappa shape index (κ2) is 5.43. The molecule has 1 aromatic carbocycles. The normalized spacial score (nSPS) is 21.4. The van der Waals surface area contributed by atoms with E-state index in [0.29, 0.717) is 24.7 Å². The molecule has 2 heterocycles. The molecule has 112 valence electrons. The topological polar surface area (TPSA) is 74.8 Å². The van der Waals surface area contributed by atoms with E-state index in [2.05, 4.69) is 22.9 Å². The van der Waals surface area contributed by atoms with Gasteiger partial charge < -0.3 is 25.0 Å². The van der Waals surface area contributed by atoms with Gasteiger partial charge >= 0.3 is 0 Å². The van der Waals surface area contributed by atoms with Crippen molar-refractivity contribution < 1.29 is 9.47 Å². The van der Waals surface area contributed by atoms with Crippen molar-refractivity contribution in [3.63, 3.8) is 0 Å². The van der Waals surface area contributed by atoms with Crippen LogP contribution < -0.4 is 15.4 Å². The van der Waals surface area contributed by atoms with Gasteiger partial charge in [-0.15, -0.1) is 0 Å². The molecule has 2 aliphatic rings. The third kappa shape index (κ3) is 2.75. The van der Waals surface area contributed by atoms with Crippen LogP contribution in [0.3, 0.4) is 0 Å². The fourth-order valence-corrected chi connectivity index (χ4v) is 2.53. The van der Waals surface area contributed by atoms with Gasteiger partial charge in [-0.25, -0.2) is 0 Å². The molecular weight excluding hydrogens is 268 g/mol. The third-order valence-corrected chi connectivity index (χ3v) is 4.04. The molecule has 0 saturated carbocycles. The predicted molar refractivity (Wildman–Crippen MR) is 80.4 cm³/mol. The van der Waals surface area contributed by atoms with Crippen molar-refractivity contribution in [1.29, 1.82) is 5.26 Å². The molecule has 0 atom stereocenters. The number of piperazine rings is 1. The van der Waals surface area contributed by atoms with Crippen molar-refractivity contribution in [2.24, 2.45) is 0 Å². The number of rotatable bonds is 3. The first-order valence-electron chi connectivity index (χ1n) is 7.13. The fourth-order valence-electron chi connectivity index (χ4n) is 2.53. The summed E-state index contributed by atoms with van der Waals surface area (Å²) in [5, 5.41) is 9.16. The Labute approximate surface area is 124 Å². The van der Waals surface area contributed by atoms with Gasteiger partial charge in [0, 0.05) is 31.9 Å². The summed E-state index contributed by atoms with van der Waals surface area (Å²) < 4.78 is 10.8. The lowest BCUT2D eigenvalue weighted by molar-refractivity contribution is -0.126. The van der Waals surface area contributed by atoms with Gasteiger partial charge in [-0.05, 0) is 25.2 Å². The summed E-state index contributed by atoms with van der Waals surface area (Å²) in [7, 11) is 2.13. The van der Waals surface area contributed by atoms with Crippen LogP contribution in [0.4, 0.5) is 11.4 Å². The minimum Gasteiger partial charge on any atom is -0.465 e. The van der Waals surface area contributed by atoms with Gasteiger partial charge in [0.2, 0.25) is 5.60 Å². The van der Waals surface area contributed by atoms with Crippen LogP contribution in [0.25, 0.3) is 0 Å². The van der Waals surface area contributed by atoms with Crippen molar-refractivity contribution in [3.8, 4) is 11.8 Å². The highest BCUT2D eigenvalue weighted by atomic mass is 16.6. The molecule has 3 rings (SSSR count). The summed E-state index contributed by atoms with van der Waals surface area (Å²) in [5.41, 5.74) is 6.88. The van der Waals surface area contributed by atoms with Crippen LogP contribution in [0.5, 0.6) is 5.75 Å². The quantitative estimate of drug-likeness (QED) is 0.825. The van der Waals surface area contributed by atoms with Crippen LogP contribution in [0.2, 0.25) is 0 Å². The zero-order valence-electron chi connectivity index (χ0n) is 12.2. The molecule has 6 nitrogen and oxygen atoms in total. The zero-order chi connectivity index (χ0) is 14.9. The first-order valence-corrected chi connectivity index (χ1v) is 7.13. The number of benzene rings is 1. The maximum absolute atomic E-state index is 9.16. The van der Waals surface area contributed by atoms with Gasteiger partial charge in [0.15, 0.2) is 0 Å². The molecule has 6 heteroatoms. The van der Waals surface area contributed by atoms with Gasteiger partial charge in [0.1, 0.15) is 25.0 Å². The summed E-state index contributed by atoms with van der Waals surface area (Å²) >= 11 is 0. The Morgan fingerprint density at radius 1 is 1.29 bits per heavy atom. The average molecular weight is 288 g/mol. The highest BCUT2D eigenvalue weighted by molar-refractivity contribution is 5.63. The SMILES string of the molecule is CN1CCN(c2ccc(OC3(C#N)COC3)c(N)c2)CC1. The Hall–Kier alpha value is -1.97. The van der Waals surface area contributed by atoms with E-state index in [4.69, 9.17) is 20.5 Å². The van der Waals surface area contributed by atoms with Crippen molar-refractivity contribution >= 4 is 11.4 Å². The van der Waals surface area contributed by atoms with E-state index < -0.39 is 5.60 Å². The van der Waals surface area contributed by atoms with E-state index in [1.165, 1.54) is 0 Å². The van der Waals surface area contributed by atoms with Crippen LogP contribution in [-0.2, 0) is 4.74 Å². The van der Waals surface area contributed by atoms with Crippen molar-refractivity contribution in [2.75, 3.05) is 57.1 Å². The summed E-state index contributed by atoms with van der Waals surface area (Å²) in [5.74, 6) is 0.553. The Morgan fingerprint density at radius 2 is 2.00 bits per heavy atom. The van der Waals surface area contributed by atoms with Gasteiger partial charge in [-0.3, -0.25) is 0 Å². The molecule has 21 heavy (non-hydrogen) atoms. The van der Waals surface area contributed by atoms with Crippen LogP contribution in [0, 0.1) is 11.3 Å². The number of nitrogen functional groups attached to an aromatic ring is 1.